The molecule has 0 rings (SSSR count). The molecule has 3 unspecified atom stereocenters. The van der Waals surface area contributed by atoms with E-state index in [1.54, 1.807) is 0 Å². The van der Waals surface area contributed by atoms with Gasteiger partial charge in [-0.15, -0.1) is 0 Å². The highest BCUT2D eigenvalue weighted by Crippen LogP contribution is 2.45. The van der Waals surface area contributed by atoms with Crippen LogP contribution in [-0.2, 0) is 65.4 Å². The summed E-state index contributed by atoms with van der Waals surface area (Å²) < 4.78 is 68.9. The zero-order valence-corrected chi connectivity index (χ0v) is 73.3. The van der Waals surface area contributed by atoms with Gasteiger partial charge in [-0.25, -0.2) is 9.13 Å². The molecule has 0 amide bonds. The Morgan fingerprint density at radius 2 is 0.444 bits per heavy atom. The largest absolute Gasteiger partial charge is 0.472 e. The van der Waals surface area contributed by atoms with Gasteiger partial charge in [0.2, 0.25) is 0 Å². The molecule has 0 saturated carbocycles. The summed E-state index contributed by atoms with van der Waals surface area (Å²) in [6, 6.07) is 0. The topological polar surface area (TPSA) is 237 Å². The number of rotatable bonds is 86. The standard InChI is InChI=1S/C89H174O17P2/c1-9-82(8)68-60-52-43-37-31-25-19-15-11-13-17-21-27-33-39-45-55-63-71-88(93)105-84(75-99-86(91)69-61-53-44-38-32-26-20-16-12-10-14-18-23-29-35-41-49-57-65-79(2)3)77-103-107(95,96)101-73-83(90)74-102-108(97,98)104-78-85(76-100-87(92)70-62-54-48-47-51-59-67-81(6)7)106-89(94)72-64-56-46-40-34-28-22-24-30-36-42-50-58-66-80(4)5/h79-85,90H,9-78H2,1-8H3,(H,95,96)(H,97,98)/t82?,83-,84-,85-/m1/s1. The first-order chi connectivity index (χ1) is 52.1. The van der Waals surface area contributed by atoms with E-state index in [2.05, 4.69) is 55.4 Å². The van der Waals surface area contributed by atoms with Crippen molar-refractivity contribution in [3.63, 3.8) is 0 Å². The van der Waals surface area contributed by atoms with Crippen molar-refractivity contribution >= 4 is 39.5 Å². The zero-order valence-electron chi connectivity index (χ0n) is 71.5. The van der Waals surface area contributed by atoms with Gasteiger partial charge in [-0.1, -0.05) is 415 Å². The van der Waals surface area contributed by atoms with Crippen LogP contribution in [0.25, 0.3) is 0 Å². The second-order valence-electron chi connectivity index (χ2n) is 33.7. The van der Waals surface area contributed by atoms with Crippen molar-refractivity contribution < 1.29 is 80.2 Å². The van der Waals surface area contributed by atoms with E-state index < -0.39 is 97.5 Å². The van der Waals surface area contributed by atoms with Gasteiger partial charge in [0.15, 0.2) is 12.2 Å². The summed E-state index contributed by atoms with van der Waals surface area (Å²) in [5, 5.41) is 10.7. The molecule has 19 heteroatoms. The predicted octanol–water partition coefficient (Wildman–Crippen LogP) is 27.1. The van der Waals surface area contributed by atoms with Gasteiger partial charge < -0.3 is 33.8 Å². The number of carbonyl (C=O) groups excluding carboxylic acids is 4. The Morgan fingerprint density at radius 3 is 0.657 bits per heavy atom. The molecule has 0 bridgehead atoms. The summed E-state index contributed by atoms with van der Waals surface area (Å²) in [5.74, 6) is 1.05. The van der Waals surface area contributed by atoms with Crippen LogP contribution in [0.1, 0.15) is 466 Å². The van der Waals surface area contributed by atoms with Crippen LogP contribution in [0.5, 0.6) is 0 Å². The maximum Gasteiger partial charge on any atom is 0.472 e. The van der Waals surface area contributed by atoms with Gasteiger partial charge in [-0.3, -0.25) is 37.3 Å². The highest BCUT2D eigenvalue weighted by atomic mass is 31.2. The Morgan fingerprint density at radius 1 is 0.259 bits per heavy atom. The van der Waals surface area contributed by atoms with Crippen molar-refractivity contribution in [3.05, 3.63) is 0 Å². The summed E-state index contributed by atoms with van der Waals surface area (Å²) in [5.41, 5.74) is 0. The molecule has 0 heterocycles. The van der Waals surface area contributed by atoms with Crippen LogP contribution in [0.4, 0.5) is 0 Å². The van der Waals surface area contributed by atoms with Crippen LogP contribution in [0.15, 0.2) is 0 Å². The summed E-state index contributed by atoms with van der Waals surface area (Å²) in [4.78, 5) is 73.3. The van der Waals surface area contributed by atoms with Crippen LogP contribution in [0, 0.1) is 23.7 Å². The van der Waals surface area contributed by atoms with E-state index >= 15 is 0 Å². The number of hydrogen-bond donors (Lipinski definition) is 3. The van der Waals surface area contributed by atoms with Crippen molar-refractivity contribution in [3.8, 4) is 0 Å². The number of ether oxygens (including phenoxy) is 4. The van der Waals surface area contributed by atoms with Crippen LogP contribution in [-0.4, -0.2) is 96.7 Å². The zero-order chi connectivity index (χ0) is 79.5. The van der Waals surface area contributed by atoms with E-state index in [-0.39, 0.29) is 25.7 Å². The SMILES string of the molecule is CCC(C)CCCCCCCCCCCCCCCCCCCCC(=O)O[C@H](COC(=O)CCCCCCCCCCCCCCCCCCCCC(C)C)COP(=O)(O)OC[C@@H](O)COP(=O)(O)OC[C@@H](COC(=O)CCCCCCCCC(C)C)OC(=O)CCCCCCCCCCCCCCCC(C)C. The number of aliphatic hydroxyl groups is 1. The smallest absolute Gasteiger partial charge is 0.462 e. The van der Waals surface area contributed by atoms with Gasteiger partial charge in [0.25, 0.3) is 0 Å². The van der Waals surface area contributed by atoms with E-state index in [0.717, 1.165) is 114 Å². The normalized spacial score (nSPS) is 14.1. The highest BCUT2D eigenvalue weighted by Gasteiger charge is 2.31. The average Bonchev–Trinajstić information content (AvgIpc) is 0.901. The Labute approximate surface area is 664 Å². The molecule has 17 nitrogen and oxygen atoms in total. The van der Waals surface area contributed by atoms with Crippen LogP contribution < -0.4 is 0 Å². The minimum absolute atomic E-state index is 0.106. The molecular weight excluding hydrogens is 1400 g/mol. The number of phosphoric acid groups is 2. The molecule has 0 spiro atoms. The minimum atomic E-state index is -4.97. The number of aliphatic hydroxyl groups excluding tert-OH is 1. The van der Waals surface area contributed by atoms with Gasteiger partial charge in [0.05, 0.1) is 26.4 Å². The lowest BCUT2D eigenvalue weighted by Crippen LogP contribution is -2.30. The van der Waals surface area contributed by atoms with E-state index in [0.29, 0.717) is 31.6 Å². The molecule has 0 radical (unpaired) electrons. The molecule has 642 valence electrons. The summed E-state index contributed by atoms with van der Waals surface area (Å²) >= 11 is 0. The van der Waals surface area contributed by atoms with E-state index in [4.69, 9.17) is 37.0 Å². The molecular formula is C89H174O17P2. The molecule has 0 aliphatic rings. The molecule has 0 aliphatic carbocycles. The molecule has 0 fully saturated rings. The fraction of sp³-hybridized carbons (Fsp3) is 0.955. The lowest BCUT2D eigenvalue weighted by atomic mass is 9.99. The molecule has 3 N–H and O–H groups in total. The van der Waals surface area contributed by atoms with Gasteiger partial charge in [0, 0.05) is 25.7 Å². The summed E-state index contributed by atoms with van der Waals surface area (Å²) in [6.45, 7) is 14.3. The van der Waals surface area contributed by atoms with Crippen LogP contribution >= 0.6 is 15.6 Å². The predicted molar refractivity (Wildman–Crippen MR) is 446 cm³/mol. The first kappa shape index (κ1) is 106. The first-order valence-electron chi connectivity index (χ1n) is 45.7. The van der Waals surface area contributed by atoms with Crippen molar-refractivity contribution in [2.75, 3.05) is 39.6 Å². The lowest BCUT2D eigenvalue weighted by molar-refractivity contribution is -0.161. The molecule has 0 aromatic heterocycles. The van der Waals surface area contributed by atoms with Crippen LogP contribution in [0.2, 0.25) is 0 Å². The fourth-order valence-electron chi connectivity index (χ4n) is 13.8. The molecule has 6 atom stereocenters. The third-order valence-electron chi connectivity index (χ3n) is 21.2. The monoisotopic (exact) mass is 1580 g/mol. The Balaban J connectivity index is 5.20. The molecule has 0 saturated heterocycles. The lowest BCUT2D eigenvalue weighted by Gasteiger charge is -2.21. The Bertz CT molecular complexity index is 2100. The fourth-order valence-corrected chi connectivity index (χ4v) is 15.4. The summed E-state index contributed by atoms with van der Waals surface area (Å²) in [7, 11) is -9.93. The summed E-state index contributed by atoms with van der Waals surface area (Å²) in [6.07, 6.45) is 68.3. The van der Waals surface area contributed by atoms with Crippen molar-refractivity contribution in [1.29, 1.82) is 0 Å². The van der Waals surface area contributed by atoms with Crippen molar-refractivity contribution in [1.82, 2.24) is 0 Å². The van der Waals surface area contributed by atoms with Gasteiger partial charge in [-0.2, -0.15) is 0 Å². The van der Waals surface area contributed by atoms with Gasteiger partial charge >= 0.3 is 39.5 Å². The third kappa shape index (κ3) is 80.7. The molecule has 0 aromatic rings. The average molecular weight is 1580 g/mol. The van der Waals surface area contributed by atoms with Crippen molar-refractivity contribution in [2.24, 2.45) is 23.7 Å². The second kappa shape index (κ2) is 77.6. The Kier molecular flexibility index (Phi) is 76.2. The maximum absolute atomic E-state index is 13.2. The van der Waals surface area contributed by atoms with Gasteiger partial charge in [-0.05, 0) is 49.4 Å². The number of esters is 4. The molecule has 108 heavy (non-hydrogen) atoms. The Hall–Kier alpha value is -1.94. The van der Waals surface area contributed by atoms with Gasteiger partial charge in [0.1, 0.15) is 19.3 Å². The number of phosphoric ester groups is 2. The van der Waals surface area contributed by atoms with E-state index in [1.807, 2.05) is 0 Å². The number of unbranched alkanes of at least 4 members (excludes halogenated alkanes) is 51. The van der Waals surface area contributed by atoms with E-state index in [1.165, 1.54) is 263 Å². The second-order valence-corrected chi connectivity index (χ2v) is 36.6. The highest BCUT2D eigenvalue weighted by molar-refractivity contribution is 7.47. The quantitative estimate of drug-likeness (QED) is 0.0222. The van der Waals surface area contributed by atoms with Crippen LogP contribution in [0.3, 0.4) is 0 Å². The third-order valence-corrected chi connectivity index (χ3v) is 23.1. The van der Waals surface area contributed by atoms with E-state index in [9.17, 15) is 43.2 Å². The number of carbonyl (C=O) groups is 4. The maximum atomic E-state index is 13.2. The van der Waals surface area contributed by atoms with Crippen molar-refractivity contribution in [2.45, 2.75) is 485 Å². The minimum Gasteiger partial charge on any atom is -0.462 e. The number of hydrogen-bond acceptors (Lipinski definition) is 15. The first-order valence-corrected chi connectivity index (χ1v) is 48.7. The molecule has 0 aromatic carbocycles. The molecule has 0 aliphatic heterocycles.